The maximum absolute atomic E-state index is 12.5. The van der Waals surface area contributed by atoms with Gasteiger partial charge in [-0.3, -0.25) is 14.9 Å². The maximum Gasteiger partial charge on any atom is 0.272 e. The lowest BCUT2D eigenvalue weighted by Crippen LogP contribution is -2.33. The van der Waals surface area contributed by atoms with Crippen LogP contribution < -0.4 is 10.1 Å². The molecule has 124 valence electrons. The monoisotopic (exact) mass is 326 g/mol. The molecule has 24 heavy (non-hydrogen) atoms. The van der Waals surface area contributed by atoms with Crippen molar-refractivity contribution in [2.75, 3.05) is 0 Å². The molecule has 1 aliphatic carbocycles. The molecular formula is C18H18N2O4. The molecule has 1 aliphatic rings. The Kier molecular flexibility index (Phi) is 4.46. The van der Waals surface area contributed by atoms with E-state index in [2.05, 4.69) is 5.32 Å². The minimum Gasteiger partial charge on any atom is -0.476 e. The summed E-state index contributed by atoms with van der Waals surface area (Å²) in [6.45, 7) is 1.65. The first kappa shape index (κ1) is 16.0. The highest BCUT2D eigenvalue weighted by Gasteiger charge is 2.29. The van der Waals surface area contributed by atoms with Crippen molar-refractivity contribution in [3.05, 3.63) is 69.8 Å². The standard InChI is InChI=1S/C18H18N2O4/c1-12-11-15(9-10-16(12)20(22)23)24-17(13-5-3-2-4-6-13)18(21)19-14-7-8-14/h2-6,9-11,14,17H,7-8H2,1H3,(H,19,21)/t17-/m0/s1. The van der Waals surface area contributed by atoms with Gasteiger partial charge in [0.15, 0.2) is 0 Å². The molecule has 0 aliphatic heterocycles. The second-order valence-electron chi connectivity index (χ2n) is 5.90. The van der Waals surface area contributed by atoms with Crippen molar-refractivity contribution in [2.24, 2.45) is 0 Å². The summed E-state index contributed by atoms with van der Waals surface area (Å²) in [6.07, 6.45) is 1.20. The molecule has 0 saturated heterocycles. The van der Waals surface area contributed by atoms with Gasteiger partial charge in [0.05, 0.1) is 4.92 Å². The molecule has 0 aromatic heterocycles. The summed E-state index contributed by atoms with van der Waals surface area (Å²) < 4.78 is 5.87. The van der Waals surface area contributed by atoms with E-state index in [1.165, 1.54) is 12.1 Å². The summed E-state index contributed by atoms with van der Waals surface area (Å²) in [7, 11) is 0. The Labute approximate surface area is 139 Å². The molecule has 1 atom stereocenters. The Hall–Kier alpha value is -2.89. The quantitative estimate of drug-likeness (QED) is 0.652. The molecule has 2 aromatic carbocycles. The first-order valence-electron chi connectivity index (χ1n) is 7.81. The van der Waals surface area contributed by atoms with Crippen LogP contribution in [0.2, 0.25) is 0 Å². The van der Waals surface area contributed by atoms with Gasteiger partial charge in [0.2, 0.25) is 6.10 Å². The topological polar surface area (TPSA) is 81.5 Å². The van der Waals surface area contributed by atoms with Gasteiger partial charge in [0.25, 0.3) is 11.6 Å². The van der Waals surface area contributed by atoms with Gasteiger partial charge < -0.3 is 10.1 Å². The average Bonchev–Trinajstić information content (AvgIpc) is 3.37. The summed E-state index contributed by atoms with van der Waals surface area (Å²) in [5, 5.41) is 13.9. The minimum absolute atomic E-state index is 0.0287. The van der Waals surface area contributed by atoms with Crippen molar-refractivity contribution >= 4 is 11.6 Å². The fourth-order valence-corrected chi connectivity index (χ4v) is 2.45. The number of aryl methyl sites for hydroxylation is 1. The van der Waals surface area contributed by atoms with Crippen molar-refractivity contribution in [1.29, 1.82) is 0 Å². The number of nitro groups is 1. The molecule has 0 spiro atoms. The van der Waals surface area contributed by atoms with Crippen LogP contribution in [0.5, 0.6) is 5.75 Å². The van der Waals surface area contributed by atoms with Gasteiger partial charge in [-0.05, 0) is 31.9 Å². The molecule has 0 bridgehead atoms. The van der Waals surface area contributed by atoms with Gasteiger partial charge in [-0.25, -0.2) is 0 Å². The number of rotatable bonds is 6. The van der Waals surface area contributed by atoms with E-state index in [0.717, 1.165) is 18.4 Å². The zero-order valence-electron chi connectivity index (χ0n) is 13.3. The number of benzene rings is 2. The van der Waals surface area contributed by atoms with E-state index in [1.54, 1.807) is 13.0 Å². The zero-order chi connectivity index (χ0) is 17.1. The Balaban J connectivity index is 1.84. The molecule has 6 nitrogen and oxygen atoms in total. The highest BCUT2D eigenvalue weighted by molar-refractivity contribution is 5.83. The van der Waals surface area contributed by atoms with Crippen molar-refractivity contribution < 1.29 is 14.5 Å². The van der Waals surface area contributed by atoms with Gasteiger partial charge in [-0.1, -0.05) is 30.3 Å². The van der Waals surface area contributed by atoms with Gasteiger partial charge in [-0.15, -0.1) is 0 Å². The van der Waals surface area contributed by atoms with Crippen LogP contribution in [0.1, 0.15) is 30.1 Å². The predicted molar refractivity (Wildman–Crippen MR) is 88.8 cm³/mol. The van der Waals surface area contributed by atoms with Crippen LogP contribution in [-0.4, -0.2) is 16.9 Å². The third-order valence-corrected chi connectivity index (χ3v) is 3.88. The molecule has 1 saturated carbocycles. The molecule has 0 radical (unpaired) electrons. The van der Waals surface area contributed by atoms with Crippen LogP contribution in [-0.2, 0) is 4.79 Å². The van der Waals surface area contributed by atoms with Gasteiger partial charge in [0, 0.05) is 23.2 Å². The molecule has 2 aromatic rings. The van der Waals surface area contributed by atoms with Crippen molar-refractivity contribution in [1.82, 2.24) is 5.32 Å². The van der Waals surface area contributed by atoms with E-state index in [0.29, 0.717) is 11.3 Å². The fourth-order valence-electron chi connectivity index (χ4n) is 2.45. The van der Waals surface area contributed by atoms with E-state index in [9.17, 15) is 14.9 Å². The fraction of sp³-hybridized carbons (Fsp3) is 0.278. The number of hydrogen-bond acceptors (Lipinski definition) is 4. The molecule has 0 unspecified atom stereocenters. The first-order chi connectivity index (χ1) is 11.5. The third kappa shape index (κ3) is 3.71. The largest absolute Gasteiger partial charge is 0.476 e. The molecule has 6 heteroatoms. The van der Waals surface area contributed by atoms with Crippen LogP contribution in [0.15, 0.2) is 48.5 Å². The van der Waals surface area contributed by atoms with E-state index < -0.39 is 11.0 Å². The second kappa shape index (κ2) is 6.70. The predicted octanol–water partition coefficient (Wildman–Crippen LogP) is 3.30. The highest BCUT2D eigenvalue weighted by atomic mass is 16.6. The summed E-state index contributed by atoms with van der Waals surface area (Å²) in [5.74, 6) is 0.234. The highest BCUT2D eigenvalue weighted by Crippen LogP contribution is 2.28. The van der Waals surface area contributed by atoms with Gasteiger partial charge in [-0.2, -0.15) is 0 Å². The van der Waals surface area contributed by atoms with Crippen LogP contribution in [0, 0.1) is 17.0 Å². The number of nitrogens with one attached hydrogen (secondary N) is 1. The Morgan fingerprint density at radius 3 is 2.54 bits per heavy atom. The average molecular weight is 326 g/mol. The lowest BCUT2D eigenvalue weighted by molar-refractivity contribution is -0.385. The Morgan fingerprint density at radius 1 is 1.25 bits per heavy atom. The van der Waals surface area contributed by atoms with Crippen LogP contribution >= 0.6 is 0 Å². The molecular weight excluding hydrogens is 308 g/mol. The summed E-state index contributed by atoms with van der Waals surface area (Å²) in [6, 6.07) is 13.9. The number of ether oxygens (including phenoxy) is 1. The third-order valence-electron chi connectivity index (χ3n) is 3.88. The maximum atomic E-state index is 12.5. The molecule has 0 heterocycles. The molecule has 1 N–H and O–H groups in total. The van der Waals surface area contributed by atoms with E-state index >= 15 is 0 Å². The van der Waals surface area contributed by atoms with E-state index in [-0.39, 0.29) is 17.6 Å². The van der Waals surface area contributed by atoms with Crippen LogP contribution in [0.25, 0.3) is 0 Å². The molecule has 1 amide bonds. The Bertz CT molecular complexity index is 757. The van der Waals surface area contributed by atoms with Gasteiger partial charge in [0.1, 0.15) is 5.75 Å². The first-order valence-corrected chi connectivity index (χ1v) is 7.81. The molecule has 3 rings (SSSR count). The number of carbonyl (C=O) groups excluding carboxylic acids is 1. The zero-order valence-corrected chi connectivity index (χ0v) is 13.3. The SMILES string of the molecule is Cc1cc(O[C@H](C(=O)NC2CC2)c2ccccc2)ccc1[N+](=O)[O-]. The van der Waals surface area contributed by atoms with Crippen molar-refractivity contribution in [2.45, 2.75) is 31.9 Å². The lowest BCUT2D eigenvalue weighted by atomic mass is 10.1. The number of carbonyl (C=O) groups is 1. The van der Waals surface area contributed by atoms with Crippen LogP contribution in [0.3, 0.4) is 0 Å². The number of amides is 1. The normalized spacial score (nSPS) is 14.7. The summed E-state index contributed by atoms with van der Waals surface area (Å²) >= 11 is 0. The smallest absolute Gasteiger partial charge is 0.272 e. The number of nitro benzene ring substituents is 1. The van der Waals surface area contributed by atoms with E-state index in [1.807, 2.05) is 30.3 Å². The summed E-state index contributed by atoms with van der Waals surface area (Å²) in [5.41, 5.74) is 1.26. The van der Waals surface area contributed by atoms with E-state index in [4.69, 9.17) is 4.74 Å². The summed E-state index contributed by atoms with van der Waals surface area (Å²) in [4.78, 5) is 23.0. The number of nitrogens with zero attached hydrogens (tertiary/aromatic N) is 1. The second-order valence-corrected chi connectivity index (χ2v) is 5.90. The Morgan fingerprint density at radius 2 is 1.96 bits per heavy atom. The van der Waals surface area contributed by atoms with Crippen molar-refractivity contribution in [3.8, 4) is 5.75 Å². The minimum atomic E-state index is -0.785. The molecule has 1 fully saturated rings. The van der Waals surface area contributed by atoms with Crippen LogP contribution in [0.4, 0.5) is 5.69 Å². The van der Waals surface area contributed by atoms with Gasteiger partial charge >= 0.3 is 0 Å². The number of hydrogen-bond donors (Lipinski definition) is 1. The lowest BCUT2D eigenvalue weighted by Gasteiger charge is -2.19. The van der Waals surface area contributed by atoms with Crippen molar-refractivity contribution in [3.63, 3.8) is 0 Å².